The molecule has 0 saturated heterocycles. The van der Waals surface area contributed by atoms with Gasteiger partial charge in [0.15, 0.2) is 6.10 Å². The maximum atomic E-state index is 13.7. The molecule has 1 aliphatic carbocycles. The minimum Gasteiger partial charge on any atom is -0.439 e. The van der Waals surface area contributed by atoms with Crippen LogP contribution < -0.4 is 16.4 Å². The molecule has 12 nitrogen and oxygen atoms in total. The summed E-state index contributed by atoms with van der Waals surface area (Å²) in [6, 6.07) is 0. The maximum absolute atomic E-state index is 13.7. The average molecular weight is 617 g/mol. The number of nitrogens with one attached hydrogen (secondary N) is 2. The Bertz CT molecular complexity index is 1230. The smallest absolute Gasteiger partial charge is 0.405 e. The number of ketones is 2. The lowest BCUT2D eigenvalue weighted by atomic mass is 9.85. The fourth-order valence-electron chi connectivity index (χ4n) is 5.18. The fraction of sp³-hybridized carbons (Fsp3) is 0.562. The van der Waals surface area contributed by atoms with Crippen molar-refractivity contribution in [3.63, 3.8) is 0 Å². The van der Waals surface area contributed by atoms with Crippen molar-refractivity contribution in [1.29, 1.82) is 0 Å². The van der Waals surface area contributed by atoms with E-state index in [0.717, 1.165) is 6.08 Å². The molecule has 0 unspecified atom stereocenters. The van der Waals surface area contributed by atoms with Crippen molar-refractivity contribution in [2.24, 2.45) is 17.6 Å². The van der Waals surface area contributed by atoms with Crippen molar-refractivity contribution in [3.8, 4) is 0 Å². The van der Waals surface area contributed by atoms with Crippen molar-refractivity contribution in [2.45, 2.75) is 65.0 Å². The second-order valence-corrected chi connectivity index (χ2v) is 11.7. The van der Waals surface area contributed by atoms with E-state index < -0.39 is 53.9 Å². The Morgan fingerprint density at radius 1 is 1.16 bits per heavy atom. The summed E-state index contributed by atoms with van der Waals surface area (Å²) in [7, 11) is 6.74. The molecule has 6 atom stereocenters. The van der Waals surface area contributed by atoms with E-state index in [0.29, 0.717) is 25.1 Å². The van der Waals surface area contributed by atoms with Crippen LogP contribution in [0.2, 0.25) is 0 Å². The van der Waals surface area contributed by atoms with E-state index in [4.69, 9.17) is 19.9 Å². The van der Waals surface area contributed by atoms with Gasteiger partial charge in [0, 0.05) is 50.4 Å². The van der Waals surface area contributed by atoms with Gasteiger partial charge in [-0.05, 0) is 52.3 Å². The maximum Gasteiger partial charge on any atom is 0.405 e. The number of hydrogen-bond donors (Lipinski definition) is 4. The van der Waals surface area contributed by atoms with Crippen molar-refractivity contribution >= 4 is 23.6 Å². The summed E-state index contributed by atoms with van der Waals surface area (Å²) in [5.41, 5.74) is 6.55. The Balaban J connectivity index is 2.60. The Labute approximate surface area is 260 Å². The second kappa shape index (κ2) is 17.0. The highest BCUT2D eigenvalue weighted by molar-refractivity contribution is 6.23. The molecule has 1 heterocycles. The summed E-state index contributed by atoms with van der Waals surface area (Å²) < 4.78 is 16.6. The highest BCUT2D eigenvalue weighted by atomic mass is 16.6. The molecule has 0 aromatic heterocycles. The van der Waals surface area contributed by atoms with Gasteiger partial charge < -0.3 is 40.6 Å². The molecular formula is C32H48N4O8. The predicted molar refractivity (Wildman–Crippen MR) is 166 cm³/mol. The molecule has 0 spiro atoms. The van der Waals surface area contributed by atoms with Gasteiger partial charge in [-0.2, -0.15) is 0 Å². The first-order valence-corrected chi connectivity index (χ1v) is 14.7. The highest BCUT2D eigenvalue weighted by Crippen LogP contribution is 2.28. The number of rotatable bonds is 7. The third-order valence-corrected chi connectivity index (χ3v) is 7.65. The monoisotopic (exact) mass is 616 g/mol. The van der Waals surface area contributed by atoms with Crippen LogP contribution in [0.3, 0.4) is 0 Å². The molecule has 44 heavy (non-hydrogen) atoms. The topological polar surface area (TPSA) is 170 Å². The van der Waals surface area contributed by atoms with Crippen molar-refractivity contribution < 1.29 is 38.5 Å². The van der Waals surface area contributed by atoms with Gasteiger partial charge in [0.05, 0.1) is 23.6 Å². The van der Waals surface area contributed by atoms with Gasteiger partial charge in [0.1, 0.15) is 6.10 Å². The number of hydrogen-bond acceptors (Lipinski definition) is 10. The number of ether oxygens (including phenoxy) is 3. The van der Waals surface area contributed by atoms with Gasteiger partial charge >= 0.3 is 6.09 Å². The summed E-state index contributed by atoms with van der Waals surface area (Å²) in [5, 5.41) is 17.0. The number of nitrogens with zero attached hydrogens (tertiary/aromatic N) is 1. The van der Waals surface area contributed by atoms with E-state index >= 15 is 0 Å². The number of likely N-dealkylation sites (N-methyl/N-ethyl adjacent to an activating group) is 1. The van der Waals surface area contributed by atoms with E-state index in [-0.39, 0.29) is 34.9 Å². The summed E-state index contributed by atoms with van der Waals surface area (Å²) in [5.74, 6) is -2.06. The Kier molecular flexibility index (Phi) is 14.2. The number of methoxy groups -OCH3 is 2. The third-order valence-electron chi connectivity index (χ3n) is 7.65. The summed E-state index contributed by atoms with van der Waals surface area (Å²) in [6.45, 7) is 8.09. The van der Waals surface area contributed by atoms with E-state index in [9.17, 15) is 24.3 Å². The van der Waals surface area contributed by atoms with Gasteiger partial charge in [-0.25, -0.2) is 4.79 Å². The molecule has 0 radical (unpaired) electrons. The fourth-order valence-corrected chi connectivity index (χ4v) is 5.18. The molecular weight excluding hydrogens is 568 g/mol. The van der Waals surface area contributed by atoms with E-state index in [1.807, 2.05) is 32.8 Å². The number of carbonyl (C=O) groups excluding carboxylic acids is 4. The van der Waals surface area contributed by atoms with Crippen LogP contribution in [-0.2, 0) is 28.6 Å². The number of aliphatic hydroxyl groups excluding tert-OH is 1. The molecule has 2 rings (SSSR count). The minimum atomic E-state index is -0.997. The first kappa shape index (κ1) is 36.6. The lowest BCUT2D eigenvalue weighted by Gasteiger charge is -2.30. The lowest BCUT2D eigenvalue weighted by Crippen LogP contribution is -2.38. The molecule has 0 saturated carbocycles. The zero-order valence-electron chi connectivity index (χ0n) is 27.0. The van der Waals surface area contributed by atoms with Crippen LogP contribution in [0.1, 0.15) is 40.5 Å². The SMILES string of the molecule is CO[C@@H]1/C=C/C=C(\C)C(=O)NC2=CC(=O)C(NCCN(C)C)=C(C[C@@H](C)C[C@@H](OC)[C@@H](O)[C@H](C)/C=C(\C)[C@H]1OC(N)=O)C2=O. The zero-order valence-corrected chi connectivity index (χ0v) is 27.0. The van der Waals surface area contributed by atoms with Crippen LogP contribution in [0.5, 0.6) is 0 Å². The molecule has 0 fully saturated rings. The van der Waals surface area contributed by atoms with Crippen LogP contribution in [-0.4, -0.2) is 99.4 Å². The van der Waals surface area contributed by atoms with Crippen molar-refractivity contribution in [3.05, 3.63) is 58.5 Å². The summed E-state index contributed by atoms with van der Waals surface area (Å²) in [4.78, 5) is 53.7. The van der Waals surface area contributed by atoms with Gasteiger partial charge in [-0.3, -0.25) is 14.4 Å². The lowest BCUT2D eigenvalue weighted by molar-refractivity contribution is -0.120. The van der Waals surface area contributed by atoms with Gasteiger partial charge in [-0.15, -0.1) is 0 Å². The number of Topliss-reactive ketones (excluding diaryl/α,β-unsaturated/α-hetero) is 1. The first-order chi connectivity index (χ1) is 20.7. The molecule has 12 heteroatoms. The Hall–Kier alpha value is -3.58. The number of fused-ring (bicyclic) bond motifs is 2. The first-order valence-electron chi connectivity index (χ1n) is 14.7. The molecule has 0 aromatic carbocycles. The number of primary amides is 1. The number of aliphatic hydroxyl groups is 1. The molecule has 1 aliphatic heterocycles. The van der Waals surface area contributed by atoms with Crippen LogP contribution >= 0.6 is 0 Å². The quantitative estimate of drug-likeness (QED) is 0.245. The zero-order chi connectivity index (χ0) is 33.1. The van der Waals surface area contributed by atoms with Crippen molar-refractivity contribution in [1.82, 2.24) is 15.5 Å². The normalized spacial score (nSPS) is 31.0. The number of allylic oxidation sites excluding steroid dienone is 4. The van der Waals surface area contributed by atoms with Crippen LogP contribution in [0.4, 0.5) is 4.79 Å². The molecule has 2 aliphatic rings. The average Bonchev–Trinajstić information content (AvgIpc) is 2.95. The van der Waals surface area contributed by atoms with Crippen molar-refractivity contribution in [2.75, 3.05) is 41.4 Å². The third kappa shape index (κ3) is 10.3. The highest BCUT2D eigenvalue weighted by Gasteiger charge is 2.33. The van der Waals surface area contributed by atoms with Gasteiger partial charge in [0.2, 0.25) is 11.6 Å². The standard InChI is InChI=1S/C32H48N4O8/c1-18-14-22-27(34-12-13-36(5)6)24(37)17-23(29(22)39)35-31(40)19(2)10-9-11-25(42-7)30(44-32(33)41)21(4)16-20(3)28(38)26(15-18)43-8/h9-11,16-18,20,25-26,28,30,34,38H,12-15H2,1-8H3,(H2,33,41)(H,35,40)/b11-9+,19-10+,21-16+/t18-,20-,25-,26-,28+,30-/m1/s1. The summed E-state index contributed by atoms with van der Waals surface area (Å²) in [6.07, 6.45) is 3.88. The Morgan fingerprint density at radius 3 is 2.43 bits per heavy atom. The van der Waals surface area contributed by atoms with Gasteiger partial charge in [-0.1, -0.05) is 38.2 Å². The molecule has 244 valence electrons. The summed E-state index contributed by atoms with van der Waals surface area (Å²) >= 11 is 0. The minimum absolute atomic E-state index is 0.114. The van der Waals surface area contributed by atoms with Crippen LogP contribution in [0, 0.1) is 11.8 Å². The molecule has 2 amide bonds. The number of nitrogens with two attached hydrogens (primary N) is 1. The van der Waals surface area contributed by atoms with E-state index in [2.05, 4.69) is 10.6 Å². The molecule has 2 bridgehead atoms. The van der Waals surface area contributed by atoms with Crippen LogP contribution in [0.25, 0.3) is 0 Å². The number of carbonyl (C=O) groups is 4. The largest absolute Gasteiger partial charge is 0.439 e. The molecule has 5 N–H and O–H groups in total. The van der Waals surface area contributed by atoms with Gasteiger partial charge in [0.25, 0.3) is 5.91 Å². The molecule has 0 aromatic rings. The second-order valence-electron chi connectivity index (χ2n) is 11.7. The van der Waals surface area contributed by atoms with E-state index in [1.165, 1.54) is 20.3 Å². The predicted octanol–water partition coefficient (Wildman–Crippen LogP) is 1.91. The van der Waals surface area contributed by atoms with Crippen LogP contribution in [0.15, 0.2) is 58.5 Å². The Morgan fingerprint density at radius 2 is 1.84 bits per heavy atom. The number of amides is 2. The van der Waals surface area contributed by atoms with E-state index in [1.54, 1.807) is 32.1 Å².